The molecule has 1 aliphatic rings. The lowest BCUT2D eigenvalue weighted by Gasteiger charge is -2.21. The summed E-state index contributed by atoms with van der Waals surface area (Å²) in [6.07, 6.45) is -4.82. The number of rotatable bonds is 4. The molecule has 3 N–H and O–H groups in total. The van der Waals surface area contributed by atoms with Gasteiger partial charge in [-0.15, -0.1) is 13.2 Å². The Hall–Kier alpha value is -3.56. The van der Waals surface area contributed by atoms with E-state index in [-0.39, 0.29) is 5.56 Å². The number of anilines is 1. The van der Waals surface area contributed by atoms with Crippen molar-refractivity contribution >= 4 is 23.5 Å². The van der Waals surface area contributed by atoms with Crippen molar-refractivity contribution in [3.63, 3.8) is 0 Å². The van der Waals surface area contributed by atoms with Crippen LogP contribution in [0.5, 0.6) is 5.75 Å². The molecule has 0 bridgehead atoms. The molecule has 0 radical (unpaired) electrons. The second kappa shape index (κ2) is 6.87. The van der Waals surface area contributed by atoms with E-state index in [1.807, 2.05) is 0 Å². The standard InChI is InChI=1S/C18H14F3N3O4/c1-17(15(26)23-16(27)24-17)11-3-2-4-12(9-11)22-14(25)10-5-7-13(8-6-10)28-18(19,20)21/h2-9H,1H3,(H,22,25)(H2,23,24,26,27)/t17-/m0/s1. The Kier molecular flexibility index (Phi) is 4.72. The SMILES string of the molecule is C[C@@]1(c2cccc(NC(=O)c3ccc(OC(F)(F)F)cc3)c2)NC(=O)NC1=O. The van der Waals surface area contributed by atoms with Crippen LogP contribution in [-0.4, -0.2) is 24.2 Å². The Morgan fingerprint density at radius 3 is 2.36 bits per heavy atom. The Bertz CT molecular complexity index is 944. The van der Waals surface area contributed by atoms with Gasteiger partial charge in [0, 0.05) is 11.3 Å². The molecule has 0 saturated carbocycles. The number of hydrogen-bond acceptors (Lipinski definition) is 4. The fourth-order valence-electron chi connectivity index (χ4n) is 2.67. The first kappa shape index (κ1) is 19.2. The van der Waals surface area contributed by atoms with Crippen molar-refractivity contribution < 1.29 is 32.3 Å². The van der Waals surface area contributed by atoms with Crippen LogP contribution in [0.25, 0.3) is 0 Å². The predicted octanol–water partition coefficient (Wildman–Crippen LogP) is 2.89. The first-order chi connectivity index (χ1) is 13.1. The van der Waals surface area contributed by atoms with Crippen molar-refractivity contribution in [3.05, 3.63) is 59.7 Å². The molecule has 4 amide bonds. The monoisotopic (exact) mass is 393 g/mol. The fraction of sp³-hybridized carbons (Fsp3) is 0.167. The van der Waals surface area contributed by atoms with Crippen LogP contribution in [0.2, 0.25) is 0 Å². The molecular formula is C18H14F3N3O4. The van der Waals surface area contributed by atoms with Gasteiger partial charge in [-0.05, 0) is 48.9 Å². The molecule has 1 saturated heterocycles. The van der Waals surface area contributed by atoms with Gasteiger partial charge in [-0.25, -0.2) is 4.79 Å². The molecule has 2 aromatic carbocycles. The summed E-state index contributed by atoms with van der Waals surface area (Å²) in [6, 6.07) is 10.1. The topological polar surface area (TPSA) is 96.5 Å². The van der Waals surface area contributed by atoms with E-state index in [0.717, 1.165) is 12.1 Å². The summed E-state index contributed by atoms with van der Waals surface area (Å²) in [5, 5.41) is 7.25. The molecule has 0 spiro atoms. The van der Waals surface area contributed by atoms with Crippen LogP contribution in [0.4, 0.5) is 23.7 Å². The first-order valence-electron chi connectivity index (χ1n) is 7.98. The van der Waals surface area contributed by atoms with Crippen LogP contribution in [0, 0.1) is 0 Å². The van der Waals surface area contributed by atoms with Gasteiger partial charge in [0.15, 0.2) is 0 Å². The minimum Gasteiger partial charge on any atom is -0.406 e. The number of halogens is 3. The van der Waals surface area contributed by atoms with Gasteiger partial charge in [-0.3, -0.25) is 14.9 Å². The number of benzene rings is 2. The third kappa shape index (κ3) is 4.05. The van der Waals surface area contributed by atoms with Gasteiger partial charge >= 0.3 is 12.4 Å². The maximum atomic E-state index is 12.3. The molecule has 146 valence electrons. The van der Waals surface area contributed by atoms with Crippen molar-refractivity contribution in [2.45, 2.75) is 18.8 Å². The molecular weight excluding hydrogens is 379 g/mol. The van der Waals surface area contributed by atoms with Gasteiger partial charge in [0.1, 0.15) is 11.3 Å². The number of carbonyl (C=O) groups excluding carboxylic acids is 3. The Morgan fingerprint density at radius 2 is 1.79 bits per heavy atom. The summed E-state index contributed by atoms with van der Waals surface area (Å²) < 4.78 is 40.3. The van der Waals surface area contributed by atoms with Crippen LogP contribution in [0.3, 0.4) is 0 Å². The maximum absolute atomic E-state index is 12.3. The zero-order valence-electron chi connectivity index (χ0n) is 14.4. The van der Waals surface area contributed by atoms with Crippen molar-refractivity contribution in [3.8, 4) is 5.75 Å². The largest absolute Gasteiger partial charge is 0.573 e. The maximum Gasteiger partial charge on any atom is 0.573 e. The number of carbonyl (C=O) groups is 3. The van der Waals surface area contributed by atoms with Gasteiger partial charge in [-0.1, -0.05) is 12.1 Å². The highest BCUT2D eigenvalue weighted by Gasteiger charge is 2.43. The number of nitrogens with one attached hydrogen (secondary N) is 3. The van der Waals surface area contributed by atoms with Crippen molar-refractivity contribution in [1.29, 1.82) is 0 Å². The number of alkyl halides is 3. The number of imide groups is 1. The van der Waals surface area contributed by atoms with Gasteiger partial charge in [-0.2, -0.15) is 0 Å². The van der Waals surface area contributed by atoms with E-state index in [2.05, 4.69) is 20.7 Å². The summed E-state index contributed by atoms with van der Waals surface area (Å²) in [4.78, 5) is 35.7. The zero-order chi connectivity index (χ0) is 20.5. The van der Waals surface area contributed by atoms with Crippen LogP contribution in [0.1, 0.15) is 22.8 Å². The lowest BCUT2D eigenvalue weighted by molar-refractivity contribution is -0.274. The fourth-order valence-corrected chi connectivity index (χ4v) is 2.67. The summed E-state index contributed by atoms with van der Waals surface area (Å²) in [7, 11) is 0. The normalized spacial score (nSPS) is 19.0. The summed E-state index contributed by atoms with van der Waals surface area (Å²) in [5.74, 6) is -1.54. The Balaban J connectivity index is 1.75. The van der Waals surface area contributed by atoms with Crippen LogP contribution in [-0.2, 0) is 10.3 Å². The highest BCUT2D eigenvalue weighted by molar-refractivity contribution is 6.07. The summed E-state index contributed by atoms with van der Waals surface area (Å²) in [6.45, 7) is 1.52. The molecule has 1 atom stereocenters. The third-order valence-corrected chi connectivity index (χ3v) is 4.09. The first-order valence-corrected chi connectivity index (χ1v) is 7.98. The molecule has 28 heavy (non-hydrogen) atoms. The molecule has 0 unspecified atom stereocenters. The average Bonchev–Trinajstić information content (AvgIpc) is 2.87. The lowest BCUT2D eigenvalue weighted by atomic mass is 9.92. The molecule has 3 rings (SSSR count). The van der Waals surface area contributed by atoms with E-state index < -0.39 is 35.5 Å². The predicted molar refractivity (Wildman–Crippen MR) is 91.5 cm³/mol. The number of amides is 4. The van der Waals surface area contributed by atoms with Crippen LogP contribution < -0.4 is 20.7 Å². The molecule has 10 heteroatoms. The van der Waals surface area contributed by atoms with E-state index >= 15 is 0 Å². The quantitative estimate of drug-likeness (QED) is 0.696. The molecule has 1 aliphatic heterocycles. The third-order valence-electron chi connectivity index (χ3n) is 4.09. The molecule has 0 aromatic heterocycles. The summed E-state index contributed by atoms with van der Waals surface area (Å²) in [5.41, 5.74) is -0.386. The minimum atomic E-state index is -4.82. The van der Waals surface area contributed by atoms with E-state index in [1.54, 1.807) is 18.2 Å². The molecule has 7 nitrogen and oxygen atoms in total. The molecule has 2 aromatic rings. The second-order valence-electron chi connectivity index (χ2n) is 6.14. The number of ether oxygens (including phenoxy) is 1. The van der Waals surface area contributed by atoms with Crippen molar-refractivity contribution in [2.24, 2.45) is 0 Å². The van der Waals surface area contributed by atoms with Gasteiger partial charge in [0.2, 0.25) is 0 Å². The van der Waals surface area contributed by atoms with E-state index in [0.29, 0.717) is 11.3 Å². The van der Waals surface area contributed by atoms with Crippen molar-refractivity contribution in [1.82, 2.24) is 10.6 Å². The Labute approximate surface area is 156 Å². The minimum absolute atomic E-state index is 0.109. The van der Waals surface area contributed by atoms with Crippen LogP contribution in [0.15, 0.2) is 48.5 Å². The lowest BCUT2D eigenvalue weighted by Crippen LogP contribution is -2.40. The average molecular weight is 393 g/mol. The smallest absolute Gasteiger partial charge is 0.406 e. The van der Waals surface area contributed by atoms with E-state index in [9.17, 15) is 27.6 Å². The van der Waals surface area contributed by atoms with Gasteiger partial charge in [0.25, 0.3) is 11.8 Å². The molecule has 1 heterocycles. The highest BCUT2D eigenvalue weighted by atomic mass is 19.4. The summed E-state index contributed by atoms with van der Waals surface area (Å²) >= 11 is 0. The van der Waals surface area contributed by atoms with Crippen LogP contribution >= 0.6 is 0 Å². The van der Waals surface area contributed by atoms with E-state index in [1.165, 1.54) is 25.1 Å². The second-order valence-corrected chi connectivity index (χ2v) is 6.14. The van der Waals surface area contributed by atoms with Crippen molar-refractivity contribution in [2.75, 3.05) is 5.32 Å². The molecule has 1 fully saturated rings. The highest BCUT2D eigenvalue weighted by Crippen LogP contribution is 2.27. The number of urea groups is 1. The van der Waals surface area contributed by atoms with E-state index in [4.69, 9.17) is 0 Å². The van der Waals surface area contributed by atoms with Gasteiger partial charge in [0.05, 0.1) is 0 Å². The number of hydrogen-bond donors (Lipinski definition) is 3. The Morgan fingerprint density at radius 1 is 1.11 bits per heavy atom. The van der Waals surface area contributed by atoms with Gasteiger partial charge < -0.3 is 15.4 Å². The zero-order valence-corrected chi connectivity index (χ0v) is 14.4. The molecule has 0 aliphatic carbocycles.